The minimum Gasteiger partial charge on any atom is -0.509 e. The number of ether oxygens (including phenoxy) is 1. The first-order valence-electron chi connectivity index (χ1n) is 17.3. The molecule has 8 heteroatoms. The molecule has 0 amide bonds. The van der Waals surface area contributed by atoms with Crippen molar-refractivity contribution < 1.29 is 30.2 Å². The van der Waals surface area contributed by atoms with E-state index in [4.69, 9.17) is 14.1 Å². The Labute approximate surface area is 321 Å². The quantitative estimate of drug-likeness (QED) is 0.161. The summed E-state index contributed by atoms with van der Waals surface area (Å²) in [5, 5.41) is 4.34. The molecule has 9 aromatic rings. The van der Waals surface area contributed by atoms with Crippen molar-refractivity contribution in [2.45, 2.75) is 26.2 Å². The molecule has 10 rings (SSSR count). The largest absolute Gasteiger partial charge is 0.509 e. The number of aromatic nitrogens is 3. The van der Waals surface area contributed by atoms with Crippen molar-refractivity contribution in [2.75, 3.05) is 9.80 Å². The van der Waals surface area contributed by atoms with E-state index in [9.17, 15) is 0 Å². The molecular formula is C45H32N5O2Pt-3. The third-order valence-corrected chi connectivity index (χ3v) is 9.80. The zero-order valence-electron chi connectivity index (χ0n) is 29.1. The van der Waals surface area contributed by atoms with E-state index in [1.54, 1.807) is 0 Å². The van der Waals surface area contributed by atoms with Crippen molar-refractivity contribution in [1.29, 1.82) is 0 Å². The maximum Gasteiger partial charge on any atom is 0.137 e. The number of anilines is 4. The van der Waals surface area contributed by atoms with E-state index < -0.39 is 0 Å². The number of furan rings is 1. The molecule has 7 nitrogen and oxygen atoms in total. The van der Waals surface area contributed by atoms with E-state index in [2.05, 4.69) is 114 Å². The van der Waals surface area contributed by atoms with Crippen LogP contribution in [0.4, 0.5) is 22.7 Å². The van der Waals surface area contributed by atoms with Crippen molar-refractivity contribution in [3.05, 3.63) is 158 Å². The van der Waals surface area contributed by atoms with Crippen LogP contribution in [0.25, 0.3) is 49.6 Å². The van der Waals surface area contributed by atoms with Crippen molar-refractivity contribution in [3.8, 4) is 17.3 Å². The number of benzene rings is 5. The van der Waals surface area contributed by atoms with Gasteiger partial charge in [-0.3, -0.25) is 4.98 Å². The number of para-hydroxylation sites is 2. The molecule has 1 aliphatic heterocycles. The van der Waals surface area contributed by atoms with Crippen LogP contribution in [-0.4, -0.2) is 14.5 Å². The predicted octanol–water partition coefficient (Wildman–Crippen LogP) is 11.6. The van der Waals surface area contributed by atoms with E-state index in [-0.39, 0.29) is 26.5 Å². The van der Waals surface area contributed by atoms with Crippen molar-refractivity contribution >= 4 is 66.5 Å². The van der Waals surface area contributed by atoms with Gasteiger partial charge in [-0.25, -0.2) is 4.98 Å². The molecule has 4 aromatic heterocycles. The second-order valence-electron chi connectivity index (χ2n) is 14.1. The normalized spacial score (nSPS) is 12.9. The standard InChI is InChI=1S/C45H32N5O2.Pt/c1-45(2,3)29-20-23-47-43(24-29)50-36-14-6-4-12-33(36)34-19-18-32(26-39(34)50)51-31-11-8-10-30(25-31)48-28-49(40-27-46-22-21-37(40)48)38-15-9-17-42-44(38)35-13-5-7-16-41(35)52-42;/h4-24,27-28H,1-3H3;/q-3;. The van der Waals surface area contributed by atoms with E-state index in [0.717, 1.165) is 72.3 Å². The first-order chi connectivity index (χ1) is 25.4. The van der Waals surface area contributed by atoms with Gasteiger partial charge in [0.05, 0.1) is 11.9 Å². The summed E-state index contributed by atoms with van der Waals surface area (Å²) in [5.74, 6) is 2.02. The average molecular weight is 870 g/mol. The minimum absolute atomic E-state index is 0. The smallest absolute Gasteiger partial charge is 0.137 e. The Kier molecular flexibility index (Phi) is 7.86. The van der Waals surface area contributed by atoms with Crippen LogP contribution in [0, 0.1) is 18.8 Å². The number of fused-ring (bicyclic) bond motifs is 7. The molecule has 262 valence electrons. The maximum absolute atomic E-state index is 6.52. The maximum atomic E-state index is 6.52. The summed E-state index contributed by atoms with van der Waals surface area (Å²) in [6, 6.07) is 46.1. The Morgan fingerprint density at radius 1 is 0.679 bits per heavy atom. The number of hydrogen-bond acceptors (Lipinski definition) is 6. The monoisotopic (exact) mass is 869 g/mol. The van der Waals surface area contributed by atoms with E-state index in [1.165, 1.54) is 5.56 Å². The molecule has 0 spiro atoms. The van der Waals surface area contributed by atoms with Crippen LogP contribution in [0.15, 0.2) is 138 Å². The van der Waals surface area contributed by atoms with Crippen molar-refractivity contribution in [2.24, 2.45) is 0 Å². The first-order valence-corrected chi connectivity index (χ1v) is 17.3. The molecule has 0 fully saturated rings. The predicted molar refractivity (Wildman–Crippen MR) is 208 cm³/mol. The van der Waals surface area contributed by atoms with Crippen LogP contribution >= 0.6 is 0 Å². The molecule has 5 heterocycles. The second-order valence-corrected chi connectivity index (χ2v) is 14.1. The summed E-state index contributed by atoms with van der Waals surface area (Å²) in [4.78, 5) is 13.6. The topological polar surface area (TPSA) is 59.6 Å². The molecule has 1 aliphatic rings. The third kappa shape index (κ3) is 5.46. The zero-order valence-corrected chi connectivity index (χ0v) is 31.4. The molecule has 0 radical (unpaired) electrons. The van der Waals surface area contributed by atoms with Gasteiger partial charge in [-0.2, -0.15) is 12.1 Å². The second kappa shape index (κ2) is 12.6. The van der Waals surface area contributed by atoms with Crippen molar-refractivity contribution in [3.63, 3.8) is 0 Å². The summed E-state index contributed by atoms with van der Waals surface area (Å²) in [7, 11) is 0. The third-order valence-electron chi connectivity index (χ3n) is 9.80. The molecule has 0 saturated heterocycles. The van der Waals surface area contributed by atoms with Gasteiger partial charge in [-0.15, -0.1) is 48.1 Å². The fraction of sp³-hybridized carbons (Fsp3) is 0.0889. The molecule has 5 aromatic carbocycles. The van der Waals surface area contributed by atoms with Gasteiger partial charge in [-0.1, -0.05) is 68.8 Å². The van der Waals surface area contributed by atoms with E-state index in [0.29, 0.717) is 11.5 Å². The molecule has 0 atom stereocenters. The molecule has 0 unspecified atom stereocenters. The van der Waals surface area contributed by atoms with Gasteiger partial charge in [0, 0.05) is 72.6 Å². The zero-order chi connectivity index (χ0) is 35.0. The SMILES string of the molecule is CC(C)(C)c1ccnc(-n2c3[c-]c(Oc4[c-]c(N5[CH-]N(c6cccc7oc8ccccc8c67)c6cnccc65)ccc4)ccc3c3ccccc32)c1.[Pt]. The average Bonchev–Trinajstić information content (AvgIpc) is 3.84. The van der Waals surface area contributed by atoms with Crippen LogP contribution in [0.3, 0.4) is 0 Å². The number of hydrogen-bond donors (Lipinski definition) is 0. The Morgan fingerprint density at radius 3 is 2.36 bits per heavy atom. The van der Waals surface area contributed by atoms with Gasteiger partial charge in [0.1, 0.15) is 17.0 Å². The molecule has 53 heavy (non-hydrogen) atoms. The van der Waals surface area contributed by atoms with E-state index in [1.807, 2.05) is 79.3 Å². The van der Waals surface area contributed by atoms with Gasteiger partial charge in [0.25, 0.3) is 0 Å². The summed E-state index contributed by atoms with van der Waals surface area (Å²) >= 11 is 0. The number of nitrogens with zero attached hydrogens (tertiary/aromatic N) is 5. The van der Waals surface area contributed by atoms with Crippen LogP contribution in [0.2, 0.25) is 0 Å². The van der Waals surface area contributed by atoms with Crippen molar-refractivity contribution in [1.82, 2.24) is 14.5 Å². The van der Waals surface area contributed by atoms with Gasteiger partial charge in [-0.05, 0) is 58.8 Å². The van der Waals surface area contributed by atoms with Gasteiger partial charge < -0.3 is 23.5 Å². The summed E-state index contributed by atoms with van der Waals surface area (Å²) in [6.45, 7) is 8.73. The Balaban J connectivity index is 0.00000372. The van der Waals surface area contributed by atoms with Crippen LogP contribution in [0.5, 0.6) is 11.5 Å². The summed E-state index contributed by atoms with van der Waals surface area (Å²) < 4.78 is 14.9. The fourth-order valence-corrected chi connectivity index (χ4v) is 7.28. The molecular weight excluding hydrogens is 838 g/mol. The summed E-state index contributed by atoms with van der Waals surface area (Å²) in [6.07, 6.45) is 5.59. The Hall–Kier alpha value is -5.91. The molecule has 0 aliphatic carbocycles. The molecule has 0 bridgehead atoms. The minimum atomic E-state index is -0.0168. The van der Waals surface area contributed by atoms with Gasteiger partial charge >= 0.3 is 0 Å². The molecule has 0 N–H and O–H groups in total. The van der Waals surface area contributed by atoms with Gasteiger partial charge in [0.15, 0.2) is 0 Å². The Morgan fingerprint density at radius 2 is 1.47 bits per heavy atom. The number of pyridine rings is 2. The first kappa shape index (κ1) is 33.0. The van der Waals surface area contributed by atoms with Gasteiger partial charge in [0.2, 0.25) is 0 Å². The summed E-state index contributed by atoms with van der Waals surface area (Å²) in [5.41, 5.74) is 8.63. The number of rotatable bonds is 5. The Bertz CT molecular complexity index is 2830. The van der Waals surface area contributed by atoms with Crippen LogP contribution < -0.4 is 14.5 Å². The van der Waals surface area contributed by atoms with Crippen LogP contribution in [0.1, 0.15) is 26.3 Å². The van der Waals surface area contributed by atoms with E-state index >= 15 is 0 Å². The van der Waals surface area contributed by atoms with Crippen LogP contribution in [-0.2, 0) is 26.5 Å². The molecule has 0 saturated carbocycles. The fourth-order valence-electron chi connectivity index (χ4n) is 7.28.